The molecule has 5 nitrogen and oxygen atoms in total. The number of hydrogen-bond acceptors (Lipinski definition) is 4. The second-order valence-electron chi connectivity index (χ2n) is 6.83. The van der Waals surface area contributed by atoms with E-state index in [-0.39, 0.29) is 17.7 Å². The number of hydrogen-bond donors (Lipinski definition) is 1. The predicted octanol–water partition coefficient (Wildman–Crippen LogP) is 4.46. The summed E-state index contributed by atoms with van der Waals surface area (Å²) in [6.07, 6.45) is 2.40. The number of amides is 1. The first-order valence-electron chi connectivity index (χ1n) is 9.76. The predicted molar refractivity (Wildman–Crippen MR) is 120 cm³/mol. The smallest absolute Gasteiger partial charge is 0.230 e. The highest BCUT2D eigenvalue weighted by Gasteiger charge is 2.16. The quantitative estimate of drug-likeness (QED) is 0.433. The third-order valence-electron chi connectivity index (χ3n) is 4.70. The molecule has 0 radical (unpaired) electrons. The number of carbonyl (C=O) groups is 1. The van der Waals surface area contributed by atoms with Gasteiger partial charge in [0, 0.05) is 5.69 Å². The number of nitrogens with one attached hydrogen (secondary N) is 1. The van der Waals surface area contributed by atoms with Crippen LogP contribution in [0.5, 0.6) is 0 Å². The van der Waals surface area contributed by atoms with Crippen LogP contribution >= 0.6 is 11.8 Å². The van der Waals surface area contributed by atoms with E-state index in [2.05, 4.69) is 27.6 Å². The summed E-state index contributed by atoms with van der Waals surface area (Å²) in [7, 11) is 0. The molecule has 1 aromatic heterocycles. The zero-order valence-corrected chi connectivity index (χ0v) is 17.2. The highest BCUT2D eigenvalue weighted by atomic mass is 32.2. The van der Waals surface area contributed by atoms with Crippen LogP contribution in [-0.2, 0) is 11.2 Å². The van der Waals surface area contributed by atoms with E-state index in [0.717, 1.165) is 17.7 Å². The summed E-state index contributed by atoms with van der Waals surface area (Å²) in [5.41, 5.74) is 3.24. The van der Waals surface area contributed by atoms with Crippen molar-refractivity contribution in [3.8, 4) is 5.69 Å². The van der Waals surface area contributed by atoms with Gasteiger partial charge in [0.1, 0.15) is 6.33 Å². The average molecular weight is 415 g/mol. The second-order valence-corrected chi connectivity index (χ2v) is 7.77. The molecule has 6 heteroatoms. The summed E-state index contributed by atoms with van der Waals surface area (Å²) in [6, 6.07) is 30.0. The van der Waals surface area contributed by atoms with Gasteiger partial charge in [0.15, 0.2) is 5.16 Å². The van der Waals surface area contributed by atoms with Crippen LogP contribution in [0, 0.1) is 0 Å². The zero-order valence-electron chi connectivity index (χ0n) is 16.4. The van der Waals surface area contributed by atoms with E-state index in [1.54, 1.807) is 6.33 Å². The summed E-state index contributed by atoms with van der Waals surface area (Å²) < 4.78 is 1.89. The molecule has 0 bridgehead atoms. The molecule has 4 aromatic rings. The molecule has 0 aliphatic rings. The highest BCUT2D eigenvalue weighted by molar-refractivity contribution is 7.99. The molecule has 1 heterocycles. The molecule has 0 saturated carbocycles. The number of para-hydroxylation sites is 1. The summed E-state index contributed by atoms with van der Waals surface area (Å²) in [5.74, 6) is 0.233. The van der Waals surface area contributed by atoms with Crippen molar-refractivity contribution in [2.75, 3.05) is 5.75 Å². The van der Waals surface area contributed by atoms with Crippen LogP contribution in [0.15, 0.2) is 102 Å². The maximum absolute atomic E-state index is 12.8. The van der Waals surface area contributed by atoms with Crippen LogP contribution in [0.3, 0.4) is 0 Å². The fourth-order valence-corrected chi connectivity index (χ4v) is 3.98. The SMILES string of the molecule is O=C(CSc1nncn1-c1ccccc1)N[C@@H](Cc1ccccc1)c1ccccc1. The van der Waals surface area contributed by atoms with Crippen molar-refractivity contribution >= 4 is 17.7 Å². The fourth-order valence-electron chi connectivity index (χ4n) is 3.24. The number of rotatable bonds is 8. The summed E-state index contributed by atoms with van der Waals surface area (Å²) in [5, 5.41) is 12.0. The first-order chi connectivity index (χ1) is 14.8. The molecule has 30 heavy (non-hydrogen) atoms. The topological polar surface area (TPSA) is 59.8 Å². The van der Waals surface area contributed by atoms with Gasteiger partial charge < -0.3 is 5.32 Å². The Kier molecular flexibility index (Phi) is 6.57. The molecule has 0 spiro atoms. The maximum Gasteiger partial charge on any atom is 0.230 e. The van der Waals surface area contributed by atoms with Crippen LogP contribution in [0.4, 0.5) is 0 Å². The largest absolute Gasteiger partial charge is 0.348 e. The molecule has 0 aliphatic heterocycles. The lowest BCUT2D eigenvalue weighted by atomic mass is 9.99. The molecule has 1 atom stereocenters. The number of thioether (sulfide) groups is 1. The average Bonchev–Trinajstić information content (AvgIpc) is 3.28. The van der Waals surface area contributed by atoms with Gasteiger partial charge in [-0.05, 0) is 29.7 Å². The van der Waals surface area contributed by atoms with Crippen LogP contribution in [0.25, 0.3) is 5.69 Å². The second kappa shape index (κ2) is 9.89. The number of nitrogens with zero attached hydrogens (tertiary/aromatic N) is 3. The van der Waals surface area contributed by atoms with E-state index in [4.69, 9.17) is 0 Å². The molecule has 150 valence electrons. The first-order valence-corrected chi connectivity index (χ1v) is 10.7. The Bertz CT molecular complexity index is 1070. The van der Waals surface area contributed by atoms with Crippen molar-refractivity contribution in [1.29, 1.82) is 0 Å². The van der Waals surface area contributed by atoms with E-state index < -0.39 is 0 Å². The Hall–Kier alpha value is -3.38. The van der Waals surface area contributed by atoms with Crippen molar-refractivity contribution in [3.63, 3.8) is 0 Å². The minimum atomic E-state index is -0.0892. The number of benzene rings is 3. The van der Waals surface area contributed by atoms with Gasteiger partial charge in [0.25, 0.3) is 0 Å². The number of aromatic nitrogens is 3. The molecule has 0 unspecified atom stereocenters. The number of carbonyl (C=O) groups excluding carboxylic acids is 1. The van der Waals surface area contributed by atoms with E-state index in [9.17, 15) is 4.79 Å². The Morgan fingerprint density at radius 2 is 1.53 bits per heavy atom. The molecule has 0 aliphatic carbocycles. The standard InChI is InChI=1S/C24H22N4OS/c29-23(17-30-24-27-25-18-28(24)21-14-8-3-9-15-21)26-22(20-12-6-2-7-13-20)16-19-10-4-1-5-11-19/h1-15,18,22H,16-17H2,(H,26,29)/t22-/m0/s1. The van der Waals surface area contributed by atoms with Gasteiger partial charge in [-0.1, -0.05) is 90.6 Å². The van der Waals surface area contributed by atoms with Gasteiger partial charge in [0.2, 0.25) is 5.91 Å². The van der Waals surface area contributed by atoms with Gasteiger partial charge in [-0.2, -0.15) is 0 Å². The Labute approximate surface area is 180 Å². The van der Waals surface area contributed by atoms with Gasteiger partial charge in [-0.3, -0.25) is 9.36 Å². The van der Waals surface area contributed by atoms with Crippen molar-refractivity contribution in [3.05, 3.63) is 108 Å². The van der Waals surface area contributed by atoms with E-state index in [1.165, 1.54) is 17.3 Å². The van der Waals surface area contributed by atoms with Crippen LogP contribution < -0.4 is 5.32 Å². The molecule has 1 N–H and O–H groups in total. The minimum Gasteiger partial charge on any atom is -0.348 e. The van der Waals surface area contributed by atoms with Gasteiger partial charge >= 0.3 is 0 Å². The Balaban J connectivity index is 1.43. The van der Waals surface area contributed by atoms with Crippen molar-refractivity contribution in [2.45, 2.75) is 17.6 Å². The normalized spacial score (nSPS) is 11.7. The van der Waals surface area contributed by atoms with Gasteiger partial charge in [0.05, 0.1) is 11.8 Å². The Morgan fingerprint density at radius 3 is 2.23 bits per heavy atom. The molecular formula is C24H22N4OS. The summed E-state index contributed by atoms with van der Waals surface area (Å²) in [6.45, 7) is 0. The fraction of sp³-hybridized carbons (Fsp3) is 0.125. The lowest BCUT2D eigenvalue weighted by Gasteiger charge is -2.19. The molecule has 0 saturated heterocycles. The maximum atomic E-state index is 12.8. The van der Waals surface area contributed by atoms with E-state index in [1.807, 2.05) is 83.4 Å². The Morgan fingerprint density at radius 1 is 0.900 bits per heavy atom. The lowest BCUT2D eigenvalue weighted by molar-refractivity contribution is -0.119. The molecule has 1 amide bonds. The van der Waals surface area contributed by atoms with E-state index in [0.29, 0.717) is 5.16 Å². The van der Waals surface area contributed by atoms with Gasteiger partial charge in [-0.25, -0.2) is 0 Å². The highest BCUT2D eigenvalue weighted by Crippen LogP contribution is 2.21. The zero-order chi connectivity index (χ0) is 20.6. The van der Waals surface area contributed by atoms with Crippen molar-refractivity contribution < 1.29 is 4.79 Å². The lowest BCUT2D eigenvalue weighted by Crippen LogP contribution is -2.31. The van der Waals surface area contributed by atoms with Crippen molar-refractivity contribution in [2.24, 2.45) is 0 Å². The molecule has 4 rings (SSSR count). The molecular weight excluding hydrogens is 392 g/mol. The monoisotopic (exact) mass is 414 g/mol. The van der Waals surface area contributed by atoms with Gasteiger partial charge in [-0.15, -0.1) is 10.2 Å². The van der Waals surface area contributed by atoms with Crippen LogP contribution in [-0.4, -0.2) is 26.4 Å². The molecule has 0 fully saturated rings. The third-order valence-corrected chi connectivity index (χ3v) is 5.65. The van der Waals surface area contributed by atoms with E-state index >= 15 is 0 Å². The summed E-state index contributed by atoms with van der Waals surface area (Å²) in [4.78, 5) is 12.8. The minimum absolute atomic E-state index is 0.0348. The van der Waals surface area contributed by atoms with Crippen LogP contribution in [0.1, 0.15) is 17.2 Å². The first kappa shape index (κ1) is 19.9. The third kappa shape index (κ3) is 5.15. The summed E-state index contributed by atoms with van der Waals surface area (Å²) >= 11 is 1.38. The van der Waals surface area contributed by atoms with Crippen molar-refractivity contribution in [1.82, 2.24) is 20.1 Å². The molecule has 3 aromatic carbocycles. The van der Waals surface area contributed by atoms with Crippen LogP contribution in [0.2, 0.25) is 0 Å².